The van der Waals surface area contributed by atoms with E-state index in [9.17, 15) is 24.9 Å². The molecule has 0 aromatic heterocycles. The number of terminal acetylenes is 1. The van der Waals surface area contributed by atoms with Crippen molar-refractivity contribution in [2.75, 3.05) is 20.8 Å². The molecule has 5 atom stereocenters. The van der Waals surface area contributed by atoms with E-state index in [-0.39, 0.29) is 46.6 Å². The molecule has 3 rings (SSSR count). The Hall–Kier alpha value is -2.88. The Balaban J connectivity index is 1.77. The van der Waals surface area contributed by atoms with Crippen molar-refractivity contribution >= 4 is 35.0 Å². The van der Waals surface area contributed by atoms with E-state index in [0.717, 1.165) is 5.56 Å². The topological polar surface area (TPSA) is 141 Å². The average molecular weight is 611 g/mol. The molecule has 1 aliphatic rings. The van der Waals surface area contributed by atoms with Gasteiger partial charge in [0, 0.05) is 31.9 Å². The van der Waals surface area contributed by atoms with Gasteiger partial charge in [0.1, 0.15) is 36.5 Å². The molecule has 1 aliphatic heterocycles. The number of rotatable bonds is 12. The number of hydrogen-bond donors (Lipinski definition) is 3. The molecule has 1 heterocycles. The van der Waals surface area contributed by atoms with Crippen LogP contribution in [0, 0.1) is 19.3 Å². The van der Waals surface area contributed by atoms with Crippen LogP contribution in [0.3, 0.4) is 0 Å². The number of carbonyl (C=O) groups is 2. The van der Waals surface area contributed by atoms with Crippen LogP contribution in [0.2, 0.25) is 10.0 Å². The van der Waals surface area contributed by atoms with Gasteiger partial charge in [0.25, 0.3) is 0 Å². The zero-order chi connectivity index (χ0) is 30.3. The van der Waals surface area contributed by atoms with Crippen molar-refractivity contribution < 1.29 is 48.6 Å². The lowest BCUT2D eigenvalue weighted by Crippen LogP contribution is -2.60. The fraction of sp³-hybridized carbons (Fsp3) is 0.448. The molecule has 0 aliphatic carbocycles. The van der Waals surface area contributed by atoms with E-state index < -0.39 is 43.3 Å². The Bertz CT molecular complexity index is 1290. The van der Waals surface area contributed by atoms with Gasteiger partial charge in [0.2, 0.25) is 0 Å². The lowest BCUT2D eigenvalue weighted by molar-refractivity contribution is -0.293. The quantitative estimate of drug-likeness (QED) is 0.242. The van der Waals surface area contributed by atoms with E-state index in [1.54, 1.807) is 25.1 Å². The van der Waals surface area contributed by atoms with Crippen LogP contribution in [-0.4, -0.2) is 78.6 Å². The zero-order valence-electron chi connectivity index (χ0n) is 22.8. The van der Waals surface area contributed by atoms with Crippen LogP contribution in [-0.2, 0) is 32.0 Å². The van der Waals surface area contributed by atoms with Gasteiger partial charge in [-0.2, -0.15) is 0 Å². The van der Waals surface area contributed by atoms with E-state index in [2.05, 4.69) is 5.92 Å². The molecule has 0 unspecified atom stereocenters. The molecule has 12 heteroatoms. The van der Waals surface area contributed by atoms with E-state index in [4.69, 9.17) is 53.3 Å². The number of ether oxygens (including phenoxy) is 5. The third kappa shape index (κ3) is 7.70. The van der Waals surface area contributed by atoms with Crippen molar-refractivity contribution in [3.63, 3.8) is 0 Å². The molecule has 2 aromatic carbocycles. The molecule has 0 saturated carbocycles. The smallest absolute Gasteiger partial charge is 0.339 e. The second-order valence-electron chi connectivity index (χ2n) is 9.34. The summed E-state index contributed by atoms with van der Waals surface area (Å²) in [5, 5.41) is 30.1. The largest absolute Gasteiger partial charge is 0.496 e. The lowest BCUT2D eigenvalue weighted by Gasteiger charge is -2.40. The summed E-state index contributed by atoms with van der Waals surface area (Å²) in [7, 11) is 2.78. The van der Waals surface area contributed by atoms with E-state index in [1.165, 1.54) is 20.3 Å². The Morgan fingerprint density at radius 3 is 2.51 bits per heavy atom. The predicted octanol–water partition coefficient (Wildman–Crippen LogP) is 3.03. The van der Waals surface area contributed by atoms with Gasteiger partial charge in [-0.25, -0.2) is 4.79 Å². The van der Waals surface area contributed by atoms with Crippen LogP contribution in [0.25, 0.3) is 0 Å². The molecule has 222 valence electrons. The van der Waals surface area contributed by atoms with Crippen molar-refractivity contribution in [1.29, 1.82) is 0 Å². The normalized spacial score (nSPS) is 22.1. The summed E-state index contributed by atoms with van der Waals surface area (Å²) in [6.45, 7) is 1.03. The maximum absolute atomic E-state index is 13.1. The summed E-state index contributed by atoms with van der Waals surface area (Å²) < 4.78 is 27.2. The van der Waals surface area contributed by atoms with Gasteiger partial charge in [-0.3, -0.25) is 4.79 Å². The minimum absolute atomic E-state index is 0.00890. The van der Waals surface area contributed by atoms with Crippen molar-refractivity contribution in [2.24, 2.45) is 0 Å². The summed E-state index contributed by atoms with van der Waals surface area (Å²) in [5.74, 6) is 2.21. The van der Waals surface area contributed by atoms with E-state index in [0.29, 0.717) is 23.3 Å². The first-order valence-electron chi connectivity index (χ1n) is 12.6. The molecule has 0 spiro atoms. The van der Waals surface area contributed by atoms with E-state index >= 15 is 0 Å². The van der Waals surface area contributed by atoms with Crippen LogP contribution < -0.4 is 9.47 Å². The van der Waals surface area contributed by atoms with Gasteiger partial charge in [-0.05, 0) is 36.2 Å². The third-order valence-corrected chi connectivity index (χ3v) is 7.34. The molecule has 1 fully saturated rings. The standard InChI is InChI=1S/C29H32Cl2O10/c1-5-6-7-18(33)11-17-10-16(8-9-21(17)37-3)14-39-26-20(30)12-19(15(2)23(26)31)28(36)41-27-25(35)24(34)22(13-32)40-29(27)38-4/h1,8-10,12,22,24-25,27,29,32,34-35H,6-7,11,13-14H2,2-4H3/t22-,24-,25+,27-,29+/m1/s1. The summed E-state index contributed by atoms with van der Waals surface area (Å²) in [4.78, 5) is 25.3. The Labute approximate surface area is 248 Å². The maximum atomic E-state index is 13.1. The number of ketones is 1. The van der Waals surface area contributed by atoms with Gasteiger partial charge in [0.05, 0.1) is 29.3 Å². The second-order valence-corrected chi connectivity index (χ2v) is 10.1. The SMILES string of the molecule is C#CCCC(=O)Cc1cc(COc2c(Cl)cc(C(=O)O[C@H]3[C@@H](OC)O[C@H](CO)[C@@H](O)[C@@H]3O)c(C)c2Cl)ccc1OC. The highest BCUT2D eigenvalue weighted by atomic mass is 35.5. The average Bonchev–Trinajstić information content (AvgIpc) is 2.96. The molecule has 3 N–H and O–H groups in total. The fourth-order valence-electron chi connectivity index (χ4n) is 4.32. The van der Waals surface area contributed by atoms with Gasteiger partial charge in [-0.1, -0.05) is 29.3 Å². The Kier molecular flexibility index (Phi) is 11.8. The van der Waals surface area contributed by atoms with Gasteiger partial charge in [-0.15, -0.1) is 12.3 Å². The van der Waals surface area contributed by atoms with Crippen molar-refractivity contribution in [3.05, 3.63) is 56.6 Å². The molecule has 1 saturated heterocycles. The number of halogens is 2. The number of aliphatic hydroxyl groups excluding tert-OH is 3. The fourth-order valence-corrected chi connectivity index (χ4v) is 4.89. The molecule has 41 heavy (non-hydrogen) atoms. The number of carbonyl (C=O) groups excluding carboxylic acids is 2. The first-order valence-corrected chi connectivity index (χ1v) is 13.4. The molecule has 0 bridgehead atoms. The molecule has 2 aromatic rings. The number of Topliss-reactive ketones (excluding diaryl/α,β-unsaturated/α-hetero) is 1. The highest BCUT2D eigenvalue weighted by molar-refractivity contribution is 6.38. The van der Waals surface area contributed by atoms with Crippen molar-refractivity contribution in [2.45, 2.75) is 63.5 Å². The molecule has 10 nitrogen and oxygen atoms in total. The minimum Gasteiger partial charge on any atom is -0.496 e. The minimum atomic E-state index is -1.59. The summed E-state index contributed by atoms with van der Waals surface area (Å²) in [5.41, 5.74) is 1.68. The van der Waals surface area contributed by atoms with Crippen LogP contribution in [0.4, 0.5) is 0 Å². The second kappa shape index (κ2) is 14.8. The van der Waals surface area contributed by atoms with Gasteiger partial charge >= 0.3 is 5.97 Å². The zero-order valence-corrected chi connectivity index (χ0v) is 24.3. The van der Waals surface area contributed by atoms with Crippen molar-refractivity contribution in [3.8, 4) is 23.8 Å². The number of methoxy groups -OCH3 is 2. The number of esters is 1. The lowest BCUT2D eigenvalue weighted by atomic mass is 9.99. The molecular weight excluding hydrogens is 579 g/mol. The molecular formula is C29H32Cl2O10. The summed E-state index contributed by atoms with van der Waals surface area (Å²) >= 11 is 13.0. The predicted molar refractivity (Wildman–Crippen MR) is 149 cm³/mol. The Morgan fingerprint density at radius 2 is 1.88 bits per heavy atom. The highest BCUT2D eigenvalue weighted by Crippen LogP contribution is 2.39. The van der Waals surface area contributed by atoms with Gasteiger partial charge < -0.3 is 39.0 Å². The molecule has 0 radical (unpaired) electrons. The maximum Gasteiger partial charge on any atom is 0.339 e. The first kappa shape index (κ1) is 32.6. The van der Waals surface area contributed by atoms with Crippen LogP contribution >= 0.6 is 23.2 Å². The Morgan fingerprint density at radius 1 is 1.15 bits per heavy atom. The van der Waals surface area contributed by atoms with E-state index in [1.807, 2.05) is 0 Å². The third-order valence-electron chi connectivity index (χ3n) is 6.60. The van der Waals surface area contributed by atoms with Crippen molar-refractivity contribution in [1.82, 2.24) is 0 Å². The highest BCUT2D eigenvalue weighted by Gasteiger charge is 2.47. The monoisotopic (exact) mass is 610 g/mol. The number of benzene rings is 2. The first-order chi connectivity index (χ1) is 19.6. The number of hydrogen-bond acceptors (Lipinski definition) is 10. The number of aliphatic hydroxyl groups is 3. The summed E-state index contributed by atoms with van der Waals surface area (Å²) in [6, 6.07) is 6.60. The summed E-state index contributed by atoms with van der Waals surface area (Å²) in [6.07, 6.45) is -0.854. The van der Waals surface area contributed by atoms with Crippen LogP contribution in [0.15, 0.2) is 24.3 Å². The molecule has 0 amide bonds. The van der Waals surface area contributed by atoms with Crippen LogP contribution in [0.5, 0.6) is 11.5 Å². The van der Waals surface area contributed by atoms with Crippen LogP contribution in [0.1, 0.15) is 39.9 Å². The van der Waals surface area contributed by atoms with Gasteiger partial charge in [0.15, 0.2) is 18.1 Å².